The Morgan fingerprint density at radius 3 is 2.44 bits per heavy atom. The zero-order valence-corrected chi connectivity index (χ0v) is 12.7. The fourth-order valence-electron chi connectivity index (χ4n) is 2.10. The molecule has 16 heavy (non-hydrogen) atoms. The first-order valence-corrected chi connectivity index (χ1v) is 7.39. The van der Waals surface area contributed by atoms with Crippen molar-refractivity contribution in [3.05, 3.63) is 20.8 Å². The summed E-state index contributed by atoms with van der Waals surface area (Å²) in [5.41, 5.74) is 7.45. The molecule has 4 heteroatoms. The molecule has 0 fully saturated rings. The summed E-state index contributed by atoms with van der Waals surface area (Å²) in [5, 5.41) is 2.20. The summed E-state index contributed by atoms with van der Waals surface area (Å²) in [5.74, 6) is 0. The van der Waals surface area contributed by atoms with Gasteiger partial charge in [-0.25, -0.2) is 0 Å². The second kappa shape index (κ2) is 6.15. The van der Waals surface area contributed by atoms with E-state index in [1.165, 1.54) is 9.35 Å². The molecular weight excluding hydrogens is 284 g/mol. The fraction of sp³-hybridized carbons (Fsp3) is 0.667. The zero-order valence-electron chi connectivity index (χ0n) is 10.3. The predicted octanol–water partition coefficient (Wildman–Crippen LogP) is 3.46. The van der Waals surface area contributed by atoms with Crippen molar-refractivity contribution < 1.29 is 0 Å². The van der Waals surface area contributed by atoms with Crippen LogP contribution in [0.3, 0.4) is 0 Å². The van der Waals surface area contributed by atoms with Crippen LogP contribution in [0.15, 0.2) is 15.2 Å². The van der Waals surface area contributed by atoms with Crippen LogP contribution in [0.25, 0.3) is 0 Å². The number of nitrogens with two attached hydrogens (primary N) is 1. The molecule has 0 radical (unpaired) electrons. The fourth-order valence-corrected chi connectivity index (χ4v) is 3.30. The van der Waals surface area contributed by atoms with E-state index in [9.17, 15) is 0 Å². The Kier molecular flexibility index (Phi) is 5.44. The molecule has 0 aliphatic heterocycles. The van der Waals surface area contributed by atoms with E-state index < -0.39 is 0 Å². The first-order chi connectivity index (χ1) is 7.57. The molecule has 1 heterocycles. The quantitative estimate of drug-likeness (QED) is 0.872. The van der Waals surface area contributed by atoms with E-state index >= 15 is 0 Å². The maximum Gasteiger partial charge on any atom is 0.0701 e. The van der Waals surface area contributed by atoms with Crippen molar-refractivity contribution in [2.45, 2.75) is 38.8 Å². The van der Waals surface area contributed by atoms with Crippen LogP contribution >= 0.6 is 27.3 Å². The lowest BCUT2D eigenvalue weighted by atomic mass is 9.91. The SMILES string of the molecule is CCC(CC)(CN)N(C)Cc1csc(Br)c1. The molecular formula is C12H21BrN2S. The van der Waals surface area contributed by atoms with E-state index in [1.54, 1.807) is 11.3 Å². The van der Waals surface area contributed by atoms with Crippen molar-refractivity contribution in [2.75, 3.05) is 13.6 Å². The summed E-state index contributed by atoms with van der Waals surface area (Å²) in [4.78, 5) is 2.39. The van der Waals surface area contributed by atoms with E-state index in [0.29, 0.717) is 0 Å². The highest BCUT2D eigenvalue weighted by Gasteiger charge is 2.29. The molecule has 0 atom stereocenters. The van der Waals surface area contributed by atoms with E-state index in [1.807, 2.05) is 0 Å². The van der Waals surface area contributed by atoms with Gasteiger partial charge in [0.25, 0.3) is 0 Å². The highest BCUT2D eigenvalue weighted by atomic mass is 79.9. The van der Waals surface area contributed by atoms with Crippen molar-refractivity contribution >= 4 is 27.3 Å². The number of thiophene rings is 1. The van der Waals surface area contributed by atoms with Crippen molar-refractivity contribution in [3.8, 4) is 0 Å². The van der Waals surface area contributed by atoms with Gasteiger partial charge in [0.15, 0.2) is 0 Å². The molecule has 0 amide bonds. The molecule has 92 valence electrons. The van der Waals surface area contributed by atoms with Crippen molar-refractivity contribution in [1.82, 2.24) is 4.90 Å². The average molecular weight is 305 g/mol. The zero-order chi connectivity index (χ0) is 12.2. The first kappa shape index (κ1) is 14.2. The van der Waals surface area contributed by atoms with Crippen LogP contribution in [0.1, 0.15) is 32.3 Å². The van der Waals surface area contributed by atoms with Crippen LogP contribution in [0.5, 0.6) is 0 Å². The van der Waals surface area contributed by atoms with Crippen LogP contribution in [0, 0.1) is 0 Å². The molecule has 0 unspecified atom stereocenters. The maximum atomic E-state index is 5.94. The molecule has 0 aromatic carbocycles. The van der Waals surface area contributed by atoms with Crippen LogP contribution in [0.2, 0.25) is 0 Å². The van der Waals surface area contributed by atoms with E-state index in [-0.39, 0.29) is 5.54 Å². The van der Waals surface area contributed by atoms with Gasteiger partial charge in [0.1, 0.15) is 0 Å². The Bertz CT molecular complexity index is 312. The van der Waals surface area contributed by atoms with Gasteiger partial charge >= 0.3 is 0 Å². The number of likely N-dealkylation sites (N-methyl/N-ethyl adjacent to an activating group) is 1. The summed E-state index contributed by atoms with van der Waals surface area (Å²) >= 11 is 5.24. The molecule has 0 bridgehead atoms. The van der Waals surface area contributed by atoms with Gasteiger partial charge in [0.05, 0.1) is 3.79 Å². The molecule has 1 aromatic heterocycles. The normalized spacial score (nSPS) is 12.4. The minimum Gasteiger partial charge on any atom is -0.329 e. The molecule has 0 saturated heterocycles. The topological polar surface area (TPSA) is 29.3 Å². The Balaban J connectivity index is 2.72. The molecule has 0 aliphatic carbocycles. The third kappa shape index (κ3) is 3.06. The monoisotopic (exact) mass is 304 g/mol. The maximum absolute atomic E-state index is 5.94. The van der Waals surface area contributed by atoms with Gasteiger partial charge < -0.3 is 5.73 Å². The van der Waals surface area contributed by atoms with E-state index in [4.69, 9.17) is 5.73 Å². The second-order valence-electron chi connectivity index (χ2n) is 4.25. The van der Waals surface area contributed by atoms with Gasteiger partial charge in [0, 0.05) is 18.6 Å². The summed E-state index contributed by atoms with van der Waals surface area (Å²) in [6, 6.07) is 2.19. The van der Waals surface area contributed by atoms with Crippen LogP contribution < -0.4 is 5.73 Å². The molecule has 0 aliphatic rings. The highest BCUT2D eigenvalue weighted by Crippen LogP contribution is 2.26. The van der Waals surface area contributed by atoms with Gasteiger partial charge in [0.2, 0.25) is 0 Å². The summed E-state index contributed by atoms with van der Waals surface area (Å²) in [7, 11) is 2.17. The number of nitrogens with zero attached hydrogens (tertiary/aromatic N) is 1. The van der Waals surface area contributed by atoms with Crippen molar-refractivity contribution in [1.29, 1.82) is 0 Å². The van der Waals surface area contributed by atoms with Gasteiger partial charge in [-0.3, -0.25) is 4.90 Å². The van der Waals surface area contributed by atoms with Gasteiger partial charge in [-0.2, -0.15) is 0 Å². The molecule has 0 spiro atoms. The number of hydrogen-bond donors (Lipinski definition) is 1. The number of hydrogen-bond acceptors (Lipinski definition) is 3. The standard InChI is InChI=1S/C12H21BrN2S/c1-4-12(5-2,9-14)15(3)7-10-6-11(13)16-8-10/h6,8H,4-5,7,9,14H2,1-3H3. The van der Waals surface area contributed by atoms with Gasteiger partial charge in [-0.15, -0.1) is 11.3 Å². The molecule has 2 nitrogen and oxygen atoms in total. The lowest BCUT2D eigenvalue weighted by Gasteiger charge is -2.40. The summed E-state index contributed by atoms with van der Waals surface area (Å²) in [6.45, 7) is 6.13. The van der Waals surface area contributed by atoms with E-state index in [2.05, 4.69) is 53.2 Å². The van der Waals surface area contributed by atoms with Crippen LogP contribution in [-0.4, -0.2) is 24.0 Å². The third-order valence-electron chi connectivity index (χ3n) is 3.55. The molecule has 1 rings (SSSR count). The Morgan fingerprint density at radius 1 is 1.44 bits per heavy atom. The van der Waals surface area contributed by atoms with Gasteiger partial charge in [-0.05, 0) is 52.8 Å². The lowest BCUT2D eigenvalue weighted by molar-refractivity contribution is 0.108. The summed E-state index contributed by atoms with van der Waals surface area (Å²) < 4.78 is 1.20. The Morgan fingerprint density at radius 2 is 2.06 bits per heavy atom. The number of halogens is 1. The Hall–Kier alpha value is 0.100. The van der Waals surface area contributed by atoms with Gasteiger partial charge in [-0.1, -0.05) is 13.8 Å². The molecule has 1 aromatic rings. The predicted molar refractivity (Wildman–Crippen MR) is 75.9 cm³/mol. The Labute approximate surface area is 111 Å². The van der Waals surface area contributed by atoms with E-state index in [0.717, 1.165) is 25.9 Å². The minimum atomic E-state index is 0.147. The van der Waals surface area contributed by atoms with Crippen LogP contribution in [0.4, 0.5) is 0 Å². The second-order valence-corrected chi connectivity index (χ2v) is 6.54. The smallest absolute Gasteiger partial charge is 0.0701 e. The number of rotatable bonds is 6. The summed E-state index contributed by atoms with van der Waals surface area (Å²) in [6.07, 6.45) is 2.20. The first-order valence-electron chi connectivity index (χ1n) is 5.72. The highest BCUT2D eigenvalue weighted by molar-refractivity contribution is 9.11. The average Bonchev–Trinajstić information content (AvgIpc) is 2.67. The van der Waals surface area contributed by atoms with Crippen molar-refractivity contribution in [2.24, 2.45) is 5.73 Å². The van der Waals surface area contributed by atoms with Crippen molar-refractivity contribution in [3.63, 3.8) is 0 Å². The molecule has 0 saturated carbocycles. The molecule has 2 N–H and O–H groups in total. The third-order valence-corrected chi connectivity index (χ3v) is 5.10. The largest absolute Gasteiger partial charge is 0.329 e. The minimum absolute atomic E-state index is 0.147. The van der Waals surface area contributed by atoms with Crippen LogP contribution in [-0.2, 0) is 6.54 Å². The lowest BCUT2D eigenvalue weighted by Crippen LogP contribution is -2.50.